The van der Waals surface area contributed by atoms with Gasteiger partial charge in [-0.25, -0.2) is 0 Å². The molecule has 0 aliphatic rings. The summed E-state index contributed by atoms with van der Waals surface area (Å²) in [5, 5.41) is 2.92. The number of hydrogen-bond donors (Lipinski definition) is 2. The van der Waals surface area contributed by atoms with Crippen LogP contribution < -0.4 is 11.5 Å². The predicted octanol–water partition coefficient (Wildman–Crippen LogP) is 3.45. The van der Waals surface area contributed by atoms with Gasteiger partial charge < -0.3 is 21.3 Å². The van der Waals surface area contributed by atoms with Crippen LogP contribution in [0, 0.1) is 23.7 Å². The van der Waals surface area contributed by atoms with Crippen LogP contribution in [0.25, 0.3) is 0 Å². The summed E-state index contributed by atoms with van der Waals surface area (Å²) in [4.78, 5) is 52.6. The second-order valence-corrected chi connectivity index (χ2v) is 8.91. The van der Waals surface area contributed by atoms with Gasteiger partial charge >= 0.3 is 0 Å². The third kappa shape index (κ3) is 9.51. The molecule has 0 spiro atoms. The Morgan fingerprint density at radius 1 is 0.641 bits per heavy atom. The molecule has 8 nitrogen and oxygen atoms in total. The first-order chi connectivity index (χ1) is 17.6. The highest BCUT2D eigenvalue weighted by molar-refractivity contribution is 7.08. The topological polar surface area (TPSA) is 127 Å². The highest BCUT2D eigenvalue weighted by atomic mass is 35.5. The van der Waals surface area contributed by atoms with E-state index in [4.69, 9.17) is 11.5 Å². The monoisotopic (exact) mass is 584 g/mol. The van der Waals surface area contributed by atoms with Crippen LogP contribution in [-0.4, -0.2) is 47.3 Å². The fourth-order valence-electron chi connectivity index (χ4n) is 3.13. The lowest BCUT2D eigenvalue weighted by Gasteiger charge is -2.13. The van der Waals surface area contributed by atoms with Crippen LogP contribution in [0.1, 0.15) is 31.8 Å². The maximum atomic E-state index is 12.6. The van der Waals surface area contributed by atoms with Crippen molar-refractivity contribution in [3.05, 3.63) is 81.5 Å². The van der Waals surface area contributed by atoms with Gasteiger partial charge in [-0.1, -0.05) is 24.3 Å². The Kier molecular flexibility index (Phi) is 12.8. The van der Waals surface area contributed by atoms with Gasteiger partial charge in [-0.05, 0) is 47.2 Å². The summed E-state index contributed by atoms with van der Waals surface area (Å²) in [6.45, 7) is 0.584. The summed E-state index contributed by atoms with van der Waals surface area (Å²) in [5.74, 6) is 6.73. The molecule has 3 aromatic rings. The number of Topliss-reactive ketones (excluding diaryl/α,β-unsaturated/α-hetero) is 2. The summed E-state index contributed by atoms with van der Waals surface area (Å²) in [5.41, 5.74) is 14.3. The fraction of sp³-hybridized carbons (Fsp3) is 0.143. The van der Waals surface area contributed by atoms with Crippen molar-refractivity contribution in [2.24, 2.45) is 0 Å². The zero-order valence-corrected chi connectivity index (χ0v) is 23.5. The normalized spacial score (nSPS) is 9.28. The number of nitrogens with two attached hydrogens (primary N) is 2. The second kappa shape index (κ2) is 15.2. The van der Waals surface area contributed by atoms with Gasteiger partial charge in [0, 0.05) is 61.2 Å². The quantitative estimate of drug-likeness (QED) is 0.198. The number of nitrogens with zero attached hydrogens (tertiary/aromatic N) is 2. The van der Waals surface area contributed by atoms with Crippen LogP contribution in [0.3, 0.4) is 0 Å². The maximum absolute atomic E-state index is 12.6. The molecular weight excluding hydrogens is 559 g/mol. The summed E-state index contributed by atoms with van der Waals surface area (Å²) >= 11 is 1.12. The van der Waals surface area contributed by atoms with E-state index in [-0.39, 0.29) is 35.9 Å². The van der Waals surface area contributed by atoms with E-state index in [2.05, 4.69) is 23.7 Å². The average Bonchev–Trinajstić information content (AvgIpc) is 3.38. The molecule has 202 valence electrons. The minimum absolute atomic E-state index is 0. The van der Waals surface area contributed by atoms with Crippen LogP contribution in [0.4, 0.5) is 11.4 Å². The number of nitrogen functional groups attached to an aromatic ring is 2. The van der Waals surface area contributed by atoms with Gasteiger partial charge in [-0.15, -0.1) is 24.8 Å². The Balaban J connectivity index is 0.00000380. The summed E-state index contributed by atoms with van der Waals surface area (Å²) in [7, 11) is 3.13. The molecule has 0 bridgehead atoms. The van der Waals surface area contributed by atoms with Crippen LogP contribution in [0.15, 0.2) is 59.3 Å². The summed E-state index contributed by atoms with van der Waals surface area (Å²) in [6.07, 6.45) is 0. The van der Waals surface area contributed by atoms with Gasteiger partial charge in [0.15, 0.2) is 0 Å². The average molecular weight is 586 g/mol. The van der Waals surface area contributed by atoms with Crippen LogP contribution in [-0.2, 0) is 22.7 Å². The van der Waals surface area contributed by atoms with E-state index in [1.54, 1.807) is 62.6 Å². The molecule has 4 N–H and O–H groups in total. The molecular formula is C28H26Cl2N4O4S. The molecule has 2 aromatic carbocycles. The summed E-state index contributed by atoms with van der Waals surface area (Å²) < 4.78 is 0. The highest BCUT2D eigenvalue weighted by Gasteiger charge is 2.17. The number of benzene rings is 2. The van der Waals surface area contributed by atoms with Crippen molar-refractivity contribution < 1.29 is 19.2 Å². The maximum Gasteiger partial charge on any atom is 0.298 e. The van der Waals surface area contributed by atoms with Gasteiger partial charge in [0.1, 0.15) is 0 Å². The molecule has 0 aliphatic heterocycles. The van der Waals surface area contributed by atoms with E-state index in [0.717, 1.165) is 22.5 Å². The minimum Gasteiger partial charge on any atom is -0.399 e. The van der Waals surface area contributed by atoms with Gasteiger partial charge in [-0.3, -0.25) is 19.2 Å². The predicted molar refractivity (Wildman–Crippen MR) is 158 cm³/mol. The lowest BCUT2D eigenvalue weighted by Crippen LogP contribution is -2.24. The molecule has 0 saturated heterocycles. The Bertz CT molecular complexity index is 1350. The van der Waals surface area contributed by atoms with Crippen molar-refractivity contribution >= 4 is 70.9 Å². The van der Waals surface area contributed by atoms with Crippen molar-refractivity contribution in [2.75, 3.05) is 25.6 Å². The van der Waals surface area contributed by atoms with Gasteiger partial charge in [0.2, 0.25) is 11.6 Å². The smallest absolute Gasteiger partial charge is 0.298 e. The number of rotatable bonds is 6. The molecule has 11 heteroatoms. The largest absolute Gasteiger partial charge is 0.399 e. The first kappa shape index (κ1) is 32.7. The molecule has 0 unspecified atom stereocenters. The number of thiophene rings is 1. The number of anilines is 2. The van der Waals surface area contributed by atoms with Gasteiger partial charge in [0.05, 0.1) is 11.1 Å². The van der Waals surface area contributed by atoms with E-state index in [9.17, 15) is 19.2 Å². The Hall–Kier alpha value is -4.28. The highest BCUT2D eigenvalue weighted by Crippen LogP contribution is 2.16. The Morgan fingerprint density at radius 2 is 0.974 bits per heavy atom. The molecule has 0 atom stereocenters. The first-order valence-corrected chi connectivity index (χ1v) is 12.0. The van der Waals surface area contributed by atoms with Crippen LogP contribution in [0.5, 0.6) is 0 Å². The standard InChI is InChI=1S/C28H24N4O4S.2ClH/c1-31(15-19-3-7-21(29)8-4-19)27(35)13-11-25(33)23-17-37-18-24(23)26(34)12-14-28(36)32(2)16-20-5-9-22(30)10-6-20;;/h3-10,17-18H,15-16,29-30H2,1-2H3;2*1H. The number of halogens is 2. The number of amides is 2. The van der Waals surface area contributed by atoms with Gasteiger partial charge in [0.25, 0.3) is 11.8 Å². The Morgan fingerprint density at radius 3 is 1.31 bits per heavy atom. The number of ketones is 2. The number of carbonyl (C=O) groups excluding carboxylic acids is 4. The van der Waals surface area contributed by atoms with E-state index >= 15 is 0 Å². The van der Waals surface area contributed by atoms with E-state index in [1.807, 2.05) is 0 Å². The minimum atomic E-state index is -0.688. The molecule has 0 fully saturated rings. The van der Waals surface area contributed by atoms with Crippen molar-refractivity contribution in [1.82, 2.24) is 9.80 Å². The third-order valence-corrected chi connectivity index (χ3v) is 5.95. The molecule has 0 saturated carbocycles. The van der Waals surface area contributed by atoms with Crippen LogP contribution in [0.2, 0.25) is 0 Å². The molecule has 2 amide bonds. The Labute approximate surface area is 243 Å². The zero-order valence-electron chi connectivity index (χ0n) is 21.1. The first-order valence-electron chi connectivity index (χ1n) is 11.0. The lowest BCUT2D eigenvalue weighted by molar-refractivity contribution is -0.125. The third-order valence-electron chi connectivity index (χ3n) is 5.21. The van der Waals surface area contributed by atoms with Crippen molar-refractivity contribution in [2.45, 2.75) is 13.1 Å². The lowest BCUT2D eigenvalue weighted by atomic mass is 10.1. The van der Waals surface area contributed by atoms with E-state index in [1.165, 1.54) is 20.6 Å². The number of carbonyl (C=O) groups is 4. The molecule has 0 radical (unpaired) electrons. The molecule has 3 rings (SSSR count). The van der Waals surface area contributed by atoms with Crippen molar-refractivity contribution in [3.8, 4) is 23.7 Å². The number of hydrogen-bond acceptors (Lipinski definition) is 7. The second-order valence-electron chi connectivity index (χ2n) is 8.16. The molecule has 1 heterocycles. The zero-order chi connectivity index (χ0) is 26.9. The van der Waals surface area contributed by atoms with E-state index < -0.39 is 23.4 Å². The molecule has 1 aromatic heterocycles. The SMILES string of the molecule is CN(Cc1ccc(N)cc1)C(=O)C#CC(=O)c1cscc1C(=O)C#CC(=O)N(C)Cc1ccc(N)cc1.Cl.Cl. The van der Waals surface area contributed by atoms with Gasteiger partial charge in [-0.2, -0.15) is 11.3 Å². The van der Waals surface area contributed by atoms with Crippen LogP contribution >= 0.6 is 36.2 Å². The van der Waals surface area contributed by atoms with E-state index in [0.29, 0.717) is 24.5 Å². The summed E-state index contributed by atoms with van der Waals surface area (Å²) in [6, 6.07) is 14.1. The molecule has 39 heavy (non-hydrogen) atoms. The van der Waals surface area contributed by atoms with Crippen molar-refractivity contribution in [3.63, 3.8) is 0 Å². The molecule has 0 aliphatic carbocycles. The fourth-order valence-corrected chi connectivity index (χ4v) is 3.94. The van der Waals surface area contributed by atoms with Crippen molar-refractivity contribution in [1.29, 1.82) is 0 Å².